The Labute approximate surface area is 244 Å². The minimum atomic E-state index is -4.37. The molecule has 0 aliphatic heterocycles. The van der Waals surface area contributed by atoms with Gasteiger partial charge in [-0.25, -0.2) is 17.2 Å². The van der Waals surface area contributed by atoms with Crippen LogP contribution in [0.25, 0.3) is 10.9 Å². The fourth-order valence-electron chi connectivity index (χ4n) is 5.21. The lowest BCUT2D eigenvalue weighted by atomic mass is 9.75. The number of halogens is 1. The second-order valence-corrected chi connectivity index (χ2v) is 14.2. The highest BCUT2D eigenvalue weighted by Crippen LogP contribution is 2.47. The molecule has 1 aliphatic rings. The van der Waals surface area contributed by atoms with E-state index in [2.05, 4.69) is 0 Å². The van der Waals surface area contributed by atoms with Crippen molar-refractivity contribution in [1.82, 2.24) is 3.97 Å². The van der Waals surface area contributed by atoms with Crippen molar-refractivity contribution in [1.29, 1.82) is 0 Å². The summed E-state index contributed by atoms with van der Waals surface area (Å²) in [4.78, 5) is 40.7. The minimum absolute atomic E-state index is 0.0678. The van der Waals surface area contributed by atoms with Crippen LogP contribution in [0.2, 0.25) is 5.02 Å². The maximum Gasteiger partial charge on any atom is 0.356 e. The second-order valence-electron chi connectivity index (χ2n) is 12.0. The number of hydrogen-bond acceptors (Lipinski definition) is 8. The number of nitrogens with zero attached hydrogens (tertiary/aromatic N) is 1. The van der Waals surface area contributed by atoms with Gasteiger partial charge in [-0.15, -0.1) is 0 Å². The van der Waals surface area contributed by atoms with Gasteiger partial charge in [0, 0.05) is 16.3 Å². The van der Waals surface area contributed by atoms with Gasteiger partial charge in [0.2, 0.25) is 0 Å². The van der Waals surface area contributed by atoms with Crippen molar-refractivity contribution in [2.45, 2.75) is 76.4 Å². The third kappa shape index (κ3) is 5.99. The molecule has 1 atom stereocenters. The van der Waals surface area contributed by atoms with Gasteiger partial charge in [0.15, 0.2) is 5.92 Å². The molecular formula is C30H34ClNO8S. The number of carbonyl (C=O) groups excluding carboxylic acids is 3. The van der Waals surface area contributed by atoms with E-state index < -0.39 is 51.0 Å². The zero-order chi connectivity index (χ0) is 30.5. The molecule has 2 aromatic carbocycles. The molecule has 1 heterocycles. The summed E-state index contributed by atoms with van der Waals surface area (Å²) in [5.74, 6) is -5.07. The smallest absolute Gasteiger partial charge is 0.356 e. The summed E-state index contributed by atoms with van der Waals surface area (Å²) in [5, 5.41) is 0.689. The van der Waals surface area contributed by atoms with Crippen molar-refractivity contribution < 1.29 is 37.0 Å². The monoisotopic (exact) mass is 603 g/mol. The largest absolute Gasteiger partial charge is 0.464 e. The summed E-state index contributed by atoms with van der Waals surface area (Å²) in [6, 6.07) is 10.8. The first-order valence-corrected chi connectivity index (χ1v) is 15.0. The molecule has 0 saturated heterocycles. The van der Waals surface area contributed by atoms with Crippen LogP contribution in [-0.4, -0.2) is 48.6 Å². The molecule has 0 amide bonds. The van der Waals surface area contributed by atoms with Gasteiger partial charge in [0.05, 0.1) is 17.5 Å². The molecule has 11 heteroatoms. The van der Waals surface area contributed by atoms with E-state index in [0.29, 0.717) is 17.4 Å². The number of carbonyl (C=O) groups is 3. The average molecular weight is 604 g/mol. The molecule has 0 N–H and O–H groups in total. The molecule has 0 radical (unpaired) electrons. The number of ether oxygens (including phenoxy) is 3. The molecule has 3 aromatic rings. The lowest BCUT2D eigenvalue weighted by Gasteiger charge is -2.32. The van der Waals surface area contributed by atoms with E-state index in [4.69, 9.17) is 25.8 Å². The number of esters is 3. The first-order chi connectivity index (χ1) is 19.0. The Morgan fingerprint density at radius 1 is 0.951 bits per heavy atom. The van der Waals surface area contributed by atoms with E-state index in [1.54, 1.807) is 65.8 Å². The Morgan fingerprint density at radius 2 is 1.51 bits per heavy atom. The number of aromatic nitrogens is 1. The molecule has 9 nitrogen and oxygen atoms in total. The fourth-order valence-corrected chi connectivity index (χ4v) is 6.97. The maximum absolute atomic E-state index is 14.1. The highest BCUT2D eigenvalue weighted by molar-refractivity contribution is 7.90. The van der Waals surface area contributed by atoms with Gasteiger partial charge >= 0.3 is 17.9 Å². The first kappa shape index (κ1) is 30.6. The molecule has 0 spiro atoms. The Morgan fingerprint density at radius 3 is 2.02 bits per heavy atom. The van der Waals surface area contributed by atoms with Crippen LogP contribution in [0.1, 0.15) is 75.5 Å². The van der Waals surface area contributed by atoms with Gasteiger partial charge in [0.1, 0.15) is 16.9 Å². The maximum atomic E-state index is 14.1. The molecule has 220 valence electrons. The van der Waals surface area contributed by atoms with E-state index in [1.807, 2.05) is 0 Å². The van der Waals surface area contributed by atoms with Crippen LogP contribution in [-0.2, 0) is 40.2 Å². The topological polar surface area (TPSA) is 118 Å². The van der Waals surface area contributed by atoms with Gasteiger partial charge in [-0.3, -0.25) is 9.59 Å². The number of hydrogen-bond donors (Lipinski definition) is 0. The van der Waals surface area contributed by atoms with Crippen LogP contribution < -0.4 is 0 Å². The predicted molar refractivity (Wildman–Crippen MR) is 154 cm³/mol. The predicted octanol–water partition coefficient (Wildman–Crippen LogP) is 5.65. The summed E-state index contributed by atoms with van der Waals surface area (Å²) in [7, 11) is -3.23. The van der Waals surface area contributed by atoms with Gasteiger partial charge in [-0.2, -0.15) is 0 Å². The van der Waals surface area contributed by atoms with E-state index in [-0.39, 0.29) is 33.1 Å². The van der Waals surface area contributed by atoms with Crippen LogP contribution >= 0.6 is 11.6 Å². The van der Waals surface area contributed by atoms with Crippen molar-refractivity contribution in [3.63, 3.8) is 0 Å². The summed E-state index contributed by atoms with van der Waals surface area (Å²) >= 11 is 6.44. The van der Waals surface area contributed by atoms with E-state index >= 15 is 0 Å². The van der Waals surface area contributed by atoms with Crippen molar-refractivity contribution >= 4 is 50.4 Å². The van der Waals surface area contributed by atoms with Gasteiger partial charge in [0.25, 0.3) is 10.0 Å². The molecule has 41 heavy (non-hydrogen) atoms. The fraction of sp³-hybridized carbons (Fsp3) is 0.433. The van der Waals surface area contributed by atoms with Crippen molar-refractivity contribution in [3.05, 3.63) is 64.3 Å². The molecule has 4 rings (SSSR count). The molecular weight excluding hydrogens is 570 g/mol. The van der Waals surface area contributed by atoms with Gasteiger partial charge < -0.3 is 14.2 Å². The first-order valence-electron chi connectivity index (χ1n) is 13.2. The Kier molecular flexibility index (Phi) is 8.05. The zero-order valence-corrected chi connectivity index (χ0v) is 25.7. The van der Waals surface area contributed by atoms with Gasteiger partial charge in [-0.05, 0) is 89.8 Å². The third-order valence-corrected chi connectivity index (χ3v) is 8.54. The summed E-state index contributed by atoms with van der Waals surface area (Å²) in [5.41, 5.74) is -1.15. The number of methoxy groups -OCH3 is 1. The van der Waals surface area contributed by atoms with Crippen LogP contribution in [0.4, 0.5) is 0 Å². The van der Waals surface area contributed by atoms with Crippen molar-refractivity contribution in [2.75, 3.05) is 7.11 Å². The Hall–Kier alpha value is -3.37. The van der Waals surface area contributed by atoms with Gasteiger partial charge in [-0.1, -0.05) is 29.8 Å². The Bertz CT molecular complexity index is 1600. The lowest BCUT2D eigenvalue weighted by Crippen LogP contribution is -2.41. The van der Waals surface area contributed by atoms with Crippen molar-refractivity contribution in [3.8, 4) is 0 Å². The van der Waals surface area contributed by atoms with Crippen LogP contribution in [0, 0.1) is 5.92 Å². The third-order valence-electron chi connectivity index (χ3n) is 6.59. The van der Waals surface area contributed by atoms with E-state index in [0.717, 1.165) is 11.1 Å². The summed E-state index contributed by atoms with van der Waals surface area (Å²) in [6.07, 6.45) is 0.567. The second kappa shape index (κ2) is 10.8. The highest BCUT2D eigenvalue weighted by Gasteiger charge is 2.47. The normalized spacial score (nSPS) is 15.6. The van der Waals surface area contributed by atoms with E-state index in [1.165, 1.54) is 18.2 Å². The van der Waals surface area contributed by atoms with Crippen LogP contribution in [0.15, 0.2) is 47.4 Å². The van der Waals surface area contributed by atoms with E-state index in [9.17, 15) is 22.8 Å². The minimum Gasteiger partial charge on any atom is -0.464 e. The SMILES string of the molecule is COC(=O)c1c2c3c(cc(Cl)cc3n1S(=O)(=O)c1ccccc1)CCC2C(C(=O)OC(C)(C)C)C(=O)OC(C)(C)C. The number of rotatable bonds is 6. The van der Waals surface area contributed by atoms with Crippen LogP contribution in [0.5, 0.6) is 0 Å². The molecule has 0 bridgehead atoms. The molecule has 0 fully saturated rings. The van der Waals surface area contributed by atoms with Crippen LogP contribution in [0.3, 0.4) is 0 Å². The standard InChI is InChI=1S/C30H34ClNO8S/c1-29(2,3)39-26(33)24(27(34)40-30(4,5)6)20-14-13-17-15-18(31)16-21-22(17)23(20)25(28(35)38-7)32(21)41(36,37)19-11-9-8-10-12-19/h8-12,15-16,20,24H,13-14H2,1-7H3. The summed E-state index contributed by atoms with van der Waals surface area (Å²) < 4.78 is 45.5. The lowest BCUT2D eigenvalue weighted by molar-refractivity contribution is -0.175. The molecule has 1 unspecified atom stereocenters. The molecule has 1 aromatic heterocycles. The van der Waals surface area contributed by atoms with Crippen molar-refractivity contribution in [2.24, 2.45) is 5.92 Å². The highest BCUT2D eigenvalue weighted by atomic mass is 35.5. The molecule has 0 saturated carbocycles. The summed E-state index contributed by atoms with van der Waals surface area (Å²) in [6.45, 7) is 10.1. The average Bonchev–Trinajstić information content (AvgIpc) is 3.20. The Balaban J connectivity index is 2.09. The quantitative estimate of drug-likeness (QED) is 0.202. The molecule has 1 aliphatic carbocycles. The number of benzene rings is 2. The zero-order valence-electron chi connectivity index (χ0n) is 24.1. The number of aryl methyl sites for hydroxylation is 1.